The summed E-state index contributed by atoms with van der Waals surface area (Å²) < 4.78 is 15.8. The van der Waals surface area contributed by atoms with Crippen molar-refractivity contribution in [2.24, 2.45) is 5.92 Å². The molecule has 0 saturated heterocycles. The van der Waals surface area contributed by atoms with E-state index in [0.29, 0.717) is 18.0 Å². The molecule has 2 unspecified atom stereocenters. The Bertz CT molecular complexity index is 640. The summed E-state index contributed by atoms with van der Waals surface area (Å²) in [5, 5.41) is 5.55. The quantitative estimate of drug-likeness (QED) is 0.723. The maximum atomic E-state index is 12.7. The van der Waals surface area contributed by atoms with E-state index in [4.69, 9.17) is 14.2 Å². The SMILES string of the molecule is CCC(C)C(NC(=O)OC(C)(C)C)C(=O)NCc1ccc(OC)c(OC)c1. The number of hydrogen-bond acceptors (Lipinski definition) is 5. The number of carbonyl (C=O) groups excluding carboxylic acids is 2. The van der Waals surface area contributed by atoms with Gasteiger partial charge in [0.2, 0.25) is 5.91 Å². The molecule has 2 atom stereocenters. The molecule has 0 aliphatic heterocycles. The van der Waals surface area contributed by atoms with Gasteiger partial charge in [-0.1, -0.05) is 26.3 Å². The summed E-state index contributed by atoms with van der Waals surface area (Å²) >= 11 is 0. The van der Waals surface area contributed by atoms with Gasteiger partial charge in [-0.3, -0.25) is 4.79 Å². The topological polar surface area (TPSA) is 85.9 Å². The standard InChI is InChI=1S/C20H32N2O5/c1-8-13(2)17(22-19(24)27-20(3,4)5)18(23)21-12-14-9-10-15(25-6)16(11-14)26-7/h9-11,13,17H,8,12H2,1-7H3,(H,21,23)(H,22,24). The number of carbonyl (C=O) groups is 2. The molecular weight excluding hydrogens is 348 g/mol. The summed E-state index contributed by atoms with van der Waals surface area (Å²) in [6, 6.07) is 4.76. The van der Waals surface area contributed by atoms with Gasteiger partial charge in [0.15, 0.2) is 11.5 Å². The maximum absolute atomic E-state index is 12.7. The van der Waals surface area contributed by atoms with Crippen LogP contribution in [-0.4, -0.2) is 37.9 Å². The van der Waals surface area contributed by atoms with Crippen molar-refractivity contribution in [3.05, 3.63) is 23.8 Å². The number of methoxy groups -OCH3 is 2. The molecule has 1 rings (SSSR count). The first-order valence-electron chi connectivity index (χ1n) is 9.09. The molecule has 0 heterocycles. The van der Waals surface area contributed by atoms with E-state index >= 15 is 0 Å². The Hall–Kier alpha value is -2.44. The predicted molar refractivity (Wildman–Crippen MR) is 104 cm³/mol. The van der Waals surface area contributed by atoms with Gasteiger partial charge in [-0.05, 0) is 44.4 Å². The normalized spacial score (nSPS) is 13.3. The fraction of sp³-hybridized carbons (Fsp3) is 0.600. The molecule has 7 heteroatoms. The zero-order chi connectivity index (χ0) is 20.6. The van der Waals surface area contributed by atoms with Crippen molar-refractivity contribution < 1.29 is 23.8 Å². The summed E-state index contributed by atoms with van der Waals surface area (Å²) in [4.78, 5) is 24.7. The van der Waals surface area contributed by atoms with E-state index in [1.54, 1.807) is 47.1 Å². The van der Waals surface area contributed by atoms with E-state index < -0.39 is 17.7 Å². The third kappa shape index (κ3) is 7.37. The third-order valence-corrected chi connectivity index (χ3v) is 4.08. The molecule has 7 nitrogen and oxygen atoms in total. The van der Waals surface area contributed by atoms with Crippen LogP contribution in [0.4, 0.5) is 4.79 Å². The molecule has 152 valence electrons. The molecular formula is C20H32N2O5. The summed E-state index contributed by atoms with van der Waals surface area (Å²) in [6.45, 7) is 9.53. The molecule has 0 saturated carbocycles. The second-order valence-electron chi connectivity index (χ2n) is 7.42. The predicted octanol–water partition coefficient (Wildman–Crippen LogP) is 3.26. The monoisotopic (exact) mass is 380 g/mol. The lowest BCUT2D eigenvalue weighted by Gasteiger charge is -2.26. The number of rotatable bonds is 8. The molecule has 0 aromatic heterocycles. The number of hydrogen-bond donors (Lipinski definition) is 2. The number of alkyl carbamates (subject to hydrolysis) is 1. The van der Waals surface area contributed by atoms with Gasteiger partial charge < -0.3 is 24.8 Å². The van der Waals surface area contributed by atoms with Crippen LogP contribution in [0.2, 0.25) is 0 Å². The summed E-state index contributed by atoms with van der Waals surface area (Å²) in [7, 11) is 3.13. The van der Waals surface area contributed by atoms with E-state index in [0.717, 1.165) is 12.0 Å². The highest BCUT2D eigenvalue weighted by molar-refractivity contribution is 5.86. The van der Waals surface area contributed by atoms with Crippen molar-refractivity contribution in [1.29, 1.82) is 0 Å². The van der Waals surface area contributed by atoms with E-state index in [2.05, 4.69) is 10.6 Å². The molecule has 0 aliphatic rings. The number of amides is 2. The highest BCUT2D eigenvalue weighted by atomic mass is 16.6. The van der Waals surface area contributed by atoms with Crippen LogP contribution in [0.5, 0.6) is 11.5 Å². The van der Waals surface area contributed by atoms with Gasteiger partial charge in [0.05, 0.1) is 14.2 Å². The van der Waals surface area contributed by atoms with Crippen molar-refractivity contribution in [3.8, 4) is 11.5 Å². The minimum atomic E-state index is -0.676. The van der Waals surface area contributed by atoms with Crippen LogP contribution in [0.25, 0.3) is 0 Å². The molecule has 0 spiro atoms. The van der Waals surface area contributed by atoms with Gasteiger partial charge in [0.1, 0.15) is 11.6 Å². The van der Waals surface area contributed by atoms with Crippen molar-refractivity contribution in [1.82, 2.24) is 10.6 Å². The molecule has 0 aliphatic carbocycles. The van der Waals surface area contributed by atoms with Gasteiger partial charge in [0.25, 0.3) is 0 Å². The van der Waals surface area contributed by atoms with E-state index in [1.807, 2.05) is 19.9 Å². The average molecular weight is 380 g/mol. The Balaban J connectivity index is 2.78. The molecule has 0 fully saturated rings. The smallest absolute Gasteiger partial charge is 0.408 e. The van der Waals surface area contributed by atoms with Gasteiger partial charge in [-0.25, -0.2) is 4.79 Å². The Labute approximate surface area is 161 Å². The van der Waals surface area contributed by atoms with E-state index in [1.165, 1.54) is 0 Å². The number of nitrogens with one attached hydrogen (secondary N) is 2. The lowest BCUT2D eigenvalue weighted by atomic mass is 9.98. The van der Waals surface area contributed by atoms with Crippen LogP contribution in [0.3, 0.4) is 0 Å². The molecule has 1 aromatic carbocycles. The minimum Gasteiger partial charge on any atom is -0.493 e. The Morgan fingerprint density at radius 2 is 1.74 bits per heavy atom. The van der Waals surface area contributed by atoms with Gasteiger partial charge in [-0.2, -0.15) is 0 Å². The van der Waals surface area contributed by atoms with E-state index in [9.17, 15) is 9.59 Å². The van der Waals surface area contributed by atoms with Crippen LogP contribution in [-0.2, 0) is 16.1 Å². The molecule has 1 aromatic rings. The maximum Gasteiger partial charge on any atom is 0.408 e. The fourth-order valence-corrected chi connectivity index (χ4v) is 2.43. The summed E-state index contributed by atoms with van der Waals surface area (Å²) in [5.74, 6) is 0.916. The van der Waals surface area contributed by atoms with Crippen molar-refractivity contribution >= 4 is 12.0 Å². The second-order valence-corrected chi connectivity index (χ2v) is 7.42. The third-order valence-electron chi connectivity index (χ3n) is 4.08. The Morgan fingerprint density at radius 1 is 1.11 bits per heavy atom. The largest absolute Gasteiger partial charge is 0.493 e. The summed E-state index contributed by atoms with van der Waals surface area (Å²) in [6.07, 6.45) is 0.138. The molecule has 27 heavy (non-hydrogen) atoms. The van der Waals surface area contributed by atoms with Crippen LogP contribution in [0.1, 0.15) is 46.6 Å². The van der Waals surface area contributed by atoms with Crippen molar-refractivity contribution in [2.75, 3.05) is 14.2 Å². The highest BCUT2D eigenvalue weighted by Gasteiger charge is 2.28. The van der Waals surface area contributed by atoms with E-state index in [-0.39, 0.29) is 11.8 Å². The lowest BCUT2D eigenvalue weighted by Crippen LogP contribution is -2.51. The minimum absolute atomic E-state index is 0.0390. The molecule has 0 bridgehead atoms. The highest BCUT2D eigenvalue weighted by Crippen LogP contribution is 2.27. The molecule has 2 N–H and O–H groups in total. The van der Waals surface area contributed by atoms with Crippen molar-refractivity contribution in [2.45, 2.75) is 59.2 Å². The number of benzene rings is 1. The first-order valence-corrected chi connectivity index (χ1v) is 9.09. The van der Waals surface area contributed by atoms with Crippen molar-refractivity contribution in [3.63, 3.8) is 0 Å². The Kier molecular flexibility index (Phi) is 8.40. The first kappa shape index (κ1) is 22.6. The number of ether oxygens (including phenoxy) is 3. The van der Waals surface area contributed by atoms with Crippen LogP contribution in [0.15, 0.2) is 18.2 Å². The zero-order valence-corrected chi connectivity index (χ0v) is 17.3. The van der Waals surface area contributed by atoms with Crippen LogP contribution >= 0.6 is 0 Å². The van der Waals surface area contributed by atoms with Gasteiger partial charge >= 0.3 is 6.09 Å². The second kappa shape index (κ2) is 10.0. The summed E-state index contributed by atoms with van der Waals surface area (Å²) in [5.41, 5.74) is 0.237. The average Bonchev–Trinajstić information content (AvgIpc) is 2.61. The fourth-order valence-electron chi connectivity index (χ4n) is 2.43. The molecule has 0 radical (unpaired) electrons. The Morgan fingerprint density at radius 3 is 2.26 bits per heavy atom. The first-order chi connectivity index (χ1) is 12.6. The van der Waals surface area contributed by atoms with Gasteiger partial charge in [-0.15, -0.1) is 0 Å². The van der Waals surface area contributed by atoms with Gasteiger partial charge in [0, 0.05) is 6.54 Å². The van der Waals surface area contributed by atoms with Crippen LogP contribution < -0.4 is 20.1 Å². The lowest BCUT2D eigenvalue weighted by molar-refractivity contribution is -0.124. The molecule has 2 amide bonds. The zero-order valence-electron chi connectivity index (χ0n) is 17.3. The van der Waals surface area contributed by atoms with Crippen LogP contribution in [0, 0.1) is 5.92 Å².